The summed E-state index contributed by atoms with van der Waals surface area (Å²) in [5, 5.41) is 0. The number of ether oxygens (including phenoxy) is 1. The molecule has 0 spiro atoms. The summed E-state index contributed by atoms with van der Waals surface area (Å²) >= 11 is 0. The van der Waals surface area contributed by atoms with Crippen molar-refractivity contribution in [1.82, 2.24) is 0 Å². The molecular formula is C41H86NO6PS. The fraction of sp³-hybridized carbons (Fsp3) is 1.00. The molecule has 50 heavy (non-hydrogen) atoms. The van der Waals surface area contributed by atoms with E-state index in [0.29, 0.717) is 23.9 Å². The van der Waals surface area contributed by atoms with E-state index >= 15 is 0 Å². The molecule has 0 rings (SSSR count). The number of rotatable bonds is 40. The highest BCUT2D eigenvalue weighted by molar-refractivity contribution is 7.91. The molecule has 0 aliphatic heterocycles. The van der Waals surface area contributed by atoms with Gasteiger partial charge in [0.1, 0.15) is 7.60 Å². The van der Waals surface area contributed by atoms with Crippen molar-refractivity contribution in [2.75, 3.05) is 58.6 Å². The van der Waals surface area contributed by atoms with Gasteiger partial charge in [0.25, 0.3) is 0 Å². The second-order valence-electron chi connectivity index (χ2n) is 16.3. The third-order valence-electron chi connectivity index (χ3n) is 9.82. The Morgan fingerprint density at radius 3 is 1.30 bits per heavy atom. The van der Waals surface area contributed by atoms with E-state index < -0.39 is 23.5 Å². The van der Waals surface area contributed by atoms with Gasteiger partial charge >= 0.3 is 0 Å². The Bertz CT molecular complexity index is 879. The summed E-state index contributed by atoms with van der Waals surface area (Å²) in [5.74, 6) is -0.0504. The van der Waals surface area contributed by atoms with Crippen LogP contribution >= 0.6 is 7.60 Å². The largest absolute Gasteiger partial charge is 0.778 e. The molecule has 0 aliphatic carbocycles. The highest BCUT2D eigenvalue weighted by Gasteiger charge is 2.22. The minimum Gasteiger partial charge on any atom is -0.778 e. The number of hydrogen-bond donors (Lipinski definition) is 0. The quantitative estimate of drug-likeness (QED) is 0.0352. The van der Waals surface area contributed by atoms with Gasteiger partial charge < -0.3 is 23.2 Å². The number of quaternary nitrogens is 1. The summed E-state index contributed by atoms with van der Waals surface area (Å²) in [4.78, 5) is 12.6. The molecule has 0 saturated heterocycles. The number of hydrogen-bond acceptors (Lipinski definition) is 6. The predicted molar refractivity (Wildman–Crippen MR) is 215 cm³/mol. The van der Waals surface area contributed by atoms with Gasteiger partial charge in [-0.1, -0.05) is 181 Å². The van der Waals surface area contributed by atoms with Crippen LogP contribution in [0.1, 0.15) is 200 Å². The molecule has 0 fully saturated rings. The zero-order chi connectivity index (χ0) is 37.2. The van der Waals surface area contributed by atoms with Crippen LogP contribution in [0.4, 0.5) is 0 Å². The first-order chi connectivity index (χ1) is 23.9. The highest BCUT2D eigenvalue weighted by atomic mass is 32.2. The standard InChI is InChI=1S/C41H86NO6PS/c1-6-8-10-12-14-16-18-20-22-24-26-28-30-32-36-47-41(39-48-49(43,44)37-34-35-42(3,4)5)40-50(45,46)38-33-31-29-27-25-23-21-19-17-15-13-11-9-7-2/h41H,6-40H2,1-5H3. The molecule has 2 atom stereocenters. The molecule has 0 N–H and O–H groups in total. The fourth-order valence-corrected chi connectivity index (χ4v) is 9.19. The van der Waals surface area contributed by atoms with Crippen molar-refractivity contribution in [2.45, 2.75) is 206 Å². The topological polar surface area (TPSA) is 92.7 Å². The Hall–Kier alpha value is 0.0200. The van der Waals surface area contributed by atoms with Crippen molar-refractivity contribution >= 4 is 17.4 Å². The molecule has 0 saturated carbocycles. The molecule has 0 aromatic rings. The van der Waals surface area contributed by atoms with Gasteiger partial charge in [0.05, 0.1) is 51.9 Å². The third kappa shape index (κ3) is 37.8. The Morgan fingerprint density at radius 1 is 0.560 bits per heavy atom. The van der Waals surface area contributed by atoms with Crippen LogP contribution in [0.15, 0.2) is 0 Å². The van der Waals surface area contributed by atoms with Crippen LogP contribution in [0.25, 0.3) is 0 Å². The van der Waals surface area contributed by atoms with Crippen LogP contribution < -0.4 is 4.89 Å². The second kappa shape index (κ2) is 33.6. The Morgan fingerprint density at radius 2 is 0.920 bits per heavy atom. The summed E-state index contributed by atoms with van der Waals surface area (Å²) < 4.78 is 50.7. The number of nitrogens with zero attached hydrogens (tertiary/aromatic N) is 1. The lowest BCUT2D eigenvalue weighted by Crippen LogP contribution is -2.36. The van der Waals surface area contributed by atoms with Gasteiger partial charge in [0.15, 0.2) is 9.84 Å². The van der Waals surface area contributed by atoms with Crippen LogP contribution in [0, 0.1) is 0 Å². The van der Waals surface area contributed by atoms with Crippen LogP contribution in [0.2, 0.25) is 0 Å². The van der Waals surface area contributed by atoms with Crippen LogP contribution in [0.3, 0.4) is 0 Å². The second-order valence-corrected chi connectivity index (χ2v) is 20.5. The Kier molecular flexibility index (Phi) is 33.6. The van der Waals surface area contributed by atoms with E-state index in [1.807, 2.05) is 21.1 Å². The van der Waals surface area contributed by atoms with Crippen molar-refractivity contribution in [3.8, 4) is 0 Å². The zero-order valence-electron chi connectivity index (χ0n) is 34.1. The molecule has 2 unspecified atom stereocenters. The van der Waals surface area contributed by atoms with E-state index in [2.05, 4.69) is 13.8 Å². The molecule has 0 amide bonds. The van der Waals surface area contributed by atoms with Gasteiger partial charge in [0, 0.05) is 19.2 Å². The smallest absolute Gasteiger partial charge is 0.152 e. The first-order valence-corrected chi connectivity index (χ1v) is 25.0. The van der Waals surface area contributed by atoms with E-state index in [4.69, 9.17) is 9.26 Å². The lowest BCUT2D eigenvalue weighted by atomic mass is 10.0. The van der Waals surface area contributed by atoms with Crippen LogP contribution in [0.5, 0.6) is 0 Å². The number of unbranched alkanes of at least 4 members (excludes halogenated alkanes) is 26. The SMILES string of the molecule is CCCCCCCCCCCCCCCCOC(COP(=O)([O-])CCC[N+](C)(C)C)CS(=O)(=O)CCCCCCCCCCCCCCCC. The first kappa shape index (κ1) is 50.0. The highest BCUT2D eigenvalue weighted by Crippen LogP contribution is 2.38. The van der Waals surface area contributed by atoms with Gasteiger partial charge in [-0.05, 0) is 12.8 Å². The van der Waals surface area contributed by atoms with Gasteiger partial charge in [-0.15, -0.1) is 0 Å². The Labute approximate surface area is 312 Å². The molecule has 0 aromatic heterocycles. The fourth-order valence-electron chi connectivity index (χ4n) is 6.57. The van der Waals surface area contributed by atoms with Gasteiger partial charge in [-0.25, -0.2) is 8.42 Å². The van der Waals surface area contributed by atoms with Gasteiger partial charge in [0.2, 0.25) is 0 Å². The van der Waals surface area contributed by atoms with Crippen molar-refractivity contribution in [3.05, 3.63) is 0 Å². The molecule has 0 bridgehead atoms. The summed E-state index contributed by atoms with van der Waals surface area (Å²) in [5.41, 5.74) is 0. The molecule has 0 aliphatic rings. The van der Waals surface area contributed by atoms with Crippen molar-refractivity contribution < 1.29 is 31.6 Å². The summed E-state index contributed by atoms with van der Waals surface area (Å²) in [6, 6.07) is 0. The minimum atomic E-state index is -4.06. The van der Waals surface area contributed by atoms with Crippen molar-refractivity contribution in [1.29, 1.82) is 0 Å². The maximum Gasteiger partial charge on any atom is 0.152 e. The van der Waals surface area contributed by atoms with Crippen molar-refractivity contribution in [2.24, 2.45) is 0 Å². The van der Waals surface area contributed by atoms with Gasteiger partial charge in [-0.2, -0.15) is 0 Å². The average molecular weight is 752 g/mol. The van der Waals surface area contributed by atoms with Crippen molar-refractivity contribution in [3.63, 3.8) is 0 Å². The predicted octanol–water partition coefficient (Wildman–Crippen LogP) is 11.4. The van der Waals surface area contributed by atoms with E-state index in [1.165, 1.54) is 141 Å². The maximum absolute atomic E-state index is 13.0. The normalized spacial score (nSPS) is 14.3. The monoisotopic (exact) mass is 752 g/mol. The lowest BCUT2D eigenvalue weighted by molar-refractivity contribution is -0.870. The van der Waals surface area contributed by atoms with E-state index in [9.17, 15) is 17.9 Å². The zero-order valence-corrected chi connectivity index (χ0v) is 35.8. The molecular weight excluding hydrogens is 665 g/mol. The summed E-state index contributed by atoms with van der Waals surface area (Å²) in [6.45, 7) is 5.46. The first-order valence-electron chi connectivity index (χ1n) is 21.5. The summed E-state index contributed by atoms with van der Waals surface area (Å²) in [6.07, 6.45) is 34.6. The molecule has 0 radical (unpaired) electrons. The molecule has 302 valence electrons. The molecule has 7 nitrogen and oxygen atoms in total. The minimum absolute atomic E-state index is 0.0417. The number of sulfone groups is 1. The molecule has 0 aromatic carbocycles. The van der Waals surface area contributed by atoms with Crippen LogP contribution in [-0.2, 0) is 23.7 Å². The van der Waals surface area contributed by atoms with Crippen LogP contribution in [-0.4, -0.2) is 77.6 Å². The summed E-state index contributed by atoms with van der Waals surface area (Å²) in [7, 11) is -1.35. The van der Waals surface area contributed by atoms with Gasteiger partial charge in [-0.3, -0.25) is 0 Å². The maximum atomic E-state index is 13.0. The lowest BCUT2D eigenvalue weighted by Gasteiger charge is -2.28. The molecule has 9 heteroatoms. The van der Waals surface area contributed by atoms with E-state index in [-0.39, 0.29) is 24.3 Å². The third-order valence-corrected chi connectivity index (χ3v) is 13.0. The average Bonchev–Trinajstić information content (AvgIpc) is 3.04. The van der Waals surface area contributed by atoms with E-state index in [0.717, 1.165) is 38.6 Å². The van der Waals surface area contributed by atoms with E-state index in [1.54, 1.807) is 0 Å². The Balaban J connectivity index is 4.38. The molecule has 0 heterocycles.